The lowest BCUT2D eigenvalue weighted by molar-refractivity contribution is -0.126. The van der Waals surface area contributed by atoms with Gasteiger partial charge in [0.1, 0.15) is 12.4 Å². The number of carbonyl (C=O) groups is 1. The summed E-state index contributed by atoms with van der Waals surface area (Å²) in [6.07, 6.45) is 1.55. The molecule has 0 spiro atoms. The molecule has 0 radical (unpaired) electrons. The number of hydrogen-bond donors (Lipinski definition) is 0. The van der Waals surface area contributed by atoms with E-state index in [1.165, 1.54) is 0 Å². The number of ether oxygens (including phenoxy) is 1. The van der Waals surface area contributed by atoms with Gasteiger partial charge in [-0.15, -0.1) is 0 Å². The van der Waals surface area contributed by atoms with Gasteiger partial charge in [-0.1, -0.05) is 48.5 Å². The molecule has 1 amide bonds. The summed E-state index contributed by atoms with van der Waals surface area (Å²) in [5, 5.41) is 0. The molecule has 110 valence electrons. The number of carbonyl (C=O) groups excluding carboxylic acids is 1. The van der Waals surface area contributed by atoms with Crippen molar-refractivity contribution in [1.82, 2.24) is 4.90 Å². The van der Waals surface area contributed by atoms with Gasteiger partial charge in [0.05, 0.1) is 5.70 Å². The highest BCUT2D eigenvalue weighted by Crippen LogP contribution is 2.39. The number of rotatable bonds is 2. The average Bonchev–Trinajstić information content (AvgIpc) is 3.00. The van der Waals surface area contributed by atoms with Gasteiger partial charge in [-0.2, -0.15) is 0 Å². The number of fused-ring (bicyclic) bond motifs is 1. The summed E-state index contributed by atoms with van der Waals surface area (Å²) in [5.41, 5.74) is 4.31. The maximum Gasteiger partial charge on any atom is 0.226 e. The summed E-state index contributed by atoms with van der Waals surface area (Å²) in [7, 11) is 0. The predicted octanol–water partition coefficient (Wildman–Crippen LogP) is 3.46. The molecule has 0 aromatic heterocycles. The molecule has 1 fully saturated rings. The van der Waals surface area contributed by atoms with E-state index in [0.717, 1.165) is 41.1 Å². The molecule has 3 heteroatoms. The summed E-state index contributed by atoms with van der Waals surface area (Å²) in [6.45, 7) is 1.24. The van der Waals surface area contributed by atoms with Crippen LogP contribution < -0.4 is 4.74 Å². The quantitative estimate of drug-likeness (QED) is 0.848. The molecule has 2 aliphatic heterocycles. The predicted molar refractivity (Wildman–Crippen MR) is 85.3 cm³/mol. The average molecular weight is 291 g/mol. The molecule has 2 aliphatic rings. The number of benzene rings is 2. The third-order valence-corrected chi connectivity index (χ3v) is 4.27. The van der Waals surface area contributed by atoms with Gasteiger partial charge >= 0.3 is 0 Å². The van der Waals surface area contributed by atoms with Crippen LogP contribution in [0.4, 0.5) is 0 Å². The fourth-order valence-corrected chi connectivity index (χ4v) is 3.25. The Balaban J connectivity index is 1.93. The van der Waals surface area contributed by atoms with E-state index in [1.54, 1.807) is 0 Å². The van der Waals surface area contributed by atoms with E-state index in [4.69, 9.17) is 4.74 Å². The lowest BCUT2D eigenvalue weighted by Gasteiger charge is -2.29. The maximum atomic E-state index is 12.2. The standard InChI is InChI=1S/C19H17NO2/c21-18-11-6-12-20(18)16-13-22-17-10-5-4-9-15(17)19(16)14-7-2-1-3-8-14/h1-5,7-10H,6,11-13H2. The molecule has 2 heterocycles. The minimum atomic E-state index is 0.200. The second-order valence-corrected chi connectivity index (χ2v) is 5.62. The minimum absolute atomic E-state index is 0.200. The molecule has 2 aromatic carbocycles. The van der Waals surface area contributed by atoms with E-state index in [2.05, 4.69) is 18.2 Å². The third kappa shape index (κ3) is 2.10. The Morgan fingerprint density at radius 3 is 2.50 bits per heavy atom. The summed E-state index contributed by atoms with van der Waals surface area (Å²) < 4.78 is 5.90. The summed E-state index contributed by atoms with van der Waals surface area (Å²) >= 11 is 0. The van der Waals surface area contributed by atoms with Crippen molar-refractivity contribution in [2.75, 3.05) is 13.2 Å². The van der Waals surface area contributed by atoms with Crippen molar-refractivity contribution < 1.29 is 9.53 Å². The molecule has 1 saturated heterocycles. The first kappa shape index (κ1) is 13.1. The maximum absolute atomic E-state index is 12.2. The Kier molecular flexibility index (Phi) is 3.19. The third-order valence-electron chi connectivity index (χ3n) is 4.27. The van der Waals surface area contributed by atoms with Crippen molar-refractivity contribution in [3.8, 4) is 5.75 Å². The highest BCUT2D eigenvalue weighted by molar-refractivity contribution is 5.90. The molecular weight excluding hydrogens is 274 g/mol. The molecule has 0 aliphatic carbocycles. The van der Waals surface area contributed by atoms with E-state index in [0.29, 0.717) is 13.0 Å². The van der Waals surface area contributed by atoms with E-state index in [1.807, 2.05) is 41.3 Å². The van der Waals surface area contributed by atoms with Gasteiger partial charge in [-0.25, -0.2) is 0 Å². The van der Waals surface area contributed by atoms with Crippen molar-refractivity contribution in [3.63, 3.8) is 0 Å². The first-order chi connectivity index (χ1) is 10.8. The van der Waals surface area contributed by atoms with Crippen LogP contribution in [0.3, 0.4) is 0 Å². The van der Waals surface area contributed by atoms with Crippen LogP contribution in [-0.2, 0) is 4.79 Å². The Hall–Kier alpha value is -2.55. The minimum Gasteiger partial charge on any atom is -0.487 e. The second-order valence-electron chi connectivity index (χ2n) is 5.62. The van der Waals surface area contributed by atoms with Gasteiger partial charge in [0.2, 0.25) is 5.91 Å². The second kappa shape index (κ2) is 5.34. The molecule has 2 aromatic rings. The highest BCUT2D eigenvalue weighted by atomic mass is 16.5. The van der Waals surface area contributed by atoms with Gasteiger partial charge in [0, 0.05) is 24.1 Å². The van der Waals surface area contributed by atoms with Gasteiger partial charge in [0.15, 0.2) is 0 Å². The van der Waals surface area contributed by atoms with Gasteiger partial charge < -0.3 is 9.64 Å². The lowest BCUT2D eigenvalue weighted by atomic mass is 9.93. The smallest absolute Gasteiger partial charge is 0.226 e. The molecule has 0 N–H and O–H groups in total. The van der Waals surface area contributed by atoms with E-state index in [9.17, 15) is 4.79 Å². The van der Waals surface area contributed by atoms with E-state index >= 15 is 0 Å². The first-order valence-corrected chi connectivity index (χ1v) is 7.66. The fraction of sp³-hybridized carbons (Fsp3) is 0.211. The lowest BCUT2D eigenvalue weighted by Crippen LogP contribution is -2.30. The Morgan fingerprint density at radius 2 is 1.73 bits per heavy atom. The van der Waals surface area contributed by atoms with Crippen LogP contribution >= 0.6 is 0 Å². The molecule has 0 atom stereocenters. The number of nitrogens with zero attached hydrogens (tertiary/aromatic N) is 1. The van der Waals surface area contributed by atoms with E-state index in [-0.39, 0.29) is 5.91 Å². The van der Waals surface area contributed by atoms with Crippen LogP contribution in [0, 0.1) is 0 Å². The van der Waals surface area contributed by atoms with Crippen molar-refractivity contribution in [2.24, 2.45) is 0 Å². The van der Waals surface area contributed by atoms with Crippen LogP contribution in [0.2, 0.25) is 0 Å². The van der Waals surface area contributed by atoms with Crippen molar-refractivity contribution in [2.45, 2.75) is 12.8 Å². The van der Waals surface area contributed by atoms with Crippen molar-refractivity contribution in [1.29, 1.82) is 0 Å². The monoisotopic (exact) mass is 291 g/mol. The van der Waals surface area contributed by atoms with Crippen molar-refractivity contribution >= 4 is 11.5 Å². The fourth-order valence-electron chi connectivity index (χ4n) is 3.25. The van der Waals surface area contributed by atoms with Crippen LogP contribution in [0.5, 0.6) is 5.75 Å². The van der Waals surface area contributed by atoms with Gasteiger partial charge in [-0.05, 0) is 18.1 Å². The SMILES string of the molecule is O=C1CCCN1C1=C(c2ccccc2)c2ccccc2OC1. The molecule has 4 rings (SSSR count). The van der Waals surface area contributed by atoms with Crippen LogP contribution in [-0.4, -0.2) is 24.0 Å². The summed E-state index contributed by atoms with van der Waals surface area (Å²) in [5.74, 6) is 1.09. The topological polar surface area (TPSA) is 29.5 Å². The van der Waals surface area contributed by atoms with Crippen LogP contribution in [0.15, 0.2) is 60.3 Å². The Morgan fingerprint density at radius 1 is 0.955 bits per heavy atom. The number of amides is 1. The van der Waals surface area contributed by atoms with Crippen LogP contribution in [0.25, 0.3) is 5.57 Å². The zero-order valence-corrected chi connectivity index (χ0v) is 12.3. The zero-order chi connectivity index (χ0) is 14.9. The first-order valence-electron chi connectivity index (χ1n) is 7.66. The number of hydrogen-bond acceptors (Lipinski definition) is 2. The normalized spacial score (nSPS) is 17.5. The number of para-hydroxylation sites is 1. The van der Waals surface area contributed by atoms with Crippen molar-refractivity contribution in [3.05, 3.63) is 71.4 Å². The zero-order valence-electron chi connectivity index (χ0n) is 12.3. The van der Waals surface area contributed by atoms with Gasteiger partial charge in [-0.3, -0.25) is 4.79 Å². The summed E-state index contributed by atoms with van der Waals surface area (Å²) in [4.78, 5) is 14.1. The highest BCUT2D eigenvalue weighted by Gasteiger charge is 2.30. The largest absolute Gasteiger partial charge is 0.487 e. The molecule has 3 nitrogen and oxygen atoms in total. The molecule has 0 bridgehead atoms. The molecule has 22 heavy (non-hydrogen) atoms. The summed E-state index contributed by atoms with van der Waals surface area (Å²) in [6, 6.07) is 18.3. The number of likely N-dealkylation sites (tertiary alicyclic amines) is 1. The van der Waals surface area contributed by atoms with Crippen LogP contribution in [0.1, 0.15) is 24.0 Å². The molecule has 0 unspecified atom stereocenters. The van der Waals surface area contributed by atoms with E-state index < -0.39 is 0 Å². The Bertz CT molecular complexity index is 749. The molecule has 0 saturated carbocycles. The Labute approximate surface area is 129 Å². The molecular formula is C19H17NO2. The van der Waals surface area contributed by atoms with Gasteiger partial charge in [0.25, 0.3) is 0 Å².